The first-order valence-electron chi connectivity index (χ1n) is 7.66. The first-order valence-corrected chi connectivity index (χ1v) is 8.64. The smallest absolute Gasteiger partial charge is 0.277 e. The topological polar surface area (TPSA) is 101 Å². The summed E-state index contributed by atoms with van der Waals surface area (Å²) in [5.41, 5.74) is 1.16. The van der Waals surface area contributed by atoms with E-state index in [0.717, 1.165) is 11.8 Å². The zero-order valence-corrected chi connectivity index (χ0v) is 14.4. The third-order valence-electron chi connectivity index (χ3n) is 3.18. The van der Waals surface area contributed by atoms with Gasteiger partial charge in [0.15, 0.2) is 6.61 Å². The molecule has 0 bridgehead atoms. The van der Waals surface area contributed by atoms with Gasteiger partial charge in [0.25, 0.3) is 11.1 Å². The molecule has 0 saturated carbocycles. The first-order chi connectivity index (χ1) is 12.7. The van der Waals surface area contributed by atoms with E-state index in [4.69, 9.17) is 14.4 Å². The Morgan fingerprint density at radius 3 is 2.65 bits per heavy atom. The van der Waals surface area contributed by atoms with Crippen molar-refractivity contribution in [2.45, 2.75) is 11.8 Å². The van der Waals surface area contributed by atoms with Crippen LogP contribution in [0.5, 0.6) is 5.75 Å². The van der Waals surface area contributed by atoms with Crippen LogP contribution < -0.4 is 10.1 Å². The summed E-state index contributed by atoms with van der Waals surface area (Å²) < 4.78 is 11.0. The standard InChI is InChI=1S/C18H14N4O3S/c19-10-13-6-8-14(9-7-13)20-16(23)12-26-18-22-21-17(25-18)11-24-15-4-2-1-3-5-15/h1-9H,11-12H2,(H,20,23). The van der Waals surface area contributed by atoms with E-state index < -0.39 is 0 Å². The van der Waals surface area contributed by atoms with Gasteiger partial charge in [0.1, 0.15) is 5.75 Å². The molecule has 1 aromatic heterocycles. The van der Waals surface area contributed by atoms with Crippen LogP contribution >= 0.6 is 11.8 Å². The average molecular weight is 366 g/mol. The zero-order valence-electron chi connectivity index (χ0n) is 13.6. The lowest BCUT2D eigenvalue weighted by molar-refractivity contribution is -0.113. The normalized spacial score (nSPS) is 10.1. The number of aromatic nitrogens is 2. The Balaban J connectivity index is 1.45. The van der Waals surface area contributed by atoms with Gasteiger partial charge in [-0.25, -0.2) is 0 Å². The third kappa shape index (κ3) is 5.09. The Hall–Kier alpha value is -3.31. The molecule has 0 aliphatic rings. The number of ether oxygens (including phenoxy) is 1. The van der Waals surface area contributed by atoms with Gasteiger partial charge in [-0.3, -0.25) is 4.79 Å². The predicted molar refractivity (Wildman–Crippen MR) is 95.6 cm³/mol. The SMILES string of the molecule is N#Cc1ccc(NC(=O)CSc2nnc(COc3ccccc3)o2)cc1. The van der Waals surface area contributed by atoms with E-state index in [0.29, 0.717) is 28.1 Å². The van der Waals surface area contributed by atoms with E-state index in [2.05, 4.69) is 15.5 Å². The minimum absolute atomic E-state index is 0.126. The van der Waals surface area contributed by atoms with E-state index in [1.54, 1.807) is 24.3 Å². The molecule has 0 saturated heterocycles. The van der Waals surface area contributed by atoms with Crippen LogP contribution in [0.4, 0.5) is 5.69 Å². The maximum Gasteiger partial charge on any atom is 0.277 e. The number of carbonyl (C=O) groups excluding carboxylic acids is 1. The van der Waals surface area contributed by atoms with Crippen molar-refractivity contribution in [1.82, 2.24) is 10.2 Å². The molecule has 0 unspecified atom stereocenters. The number of carbonyl (C=O) groups is 1. The highest BCUT2D eigenvalue weighted by Crippen LogP contribution is 2.18. The molecule has 130 valence electrons. The number of para-hydroxylation sites is 1. The summed E-state index contributed by atoms with van der Waals surface area (Å²) in [5.74, 6) is 0.965. The fourth-order valence-corrected chi connectivity index (χ4v) is 2.55. The molecule has 0 atom stereocenters. The molecule has 3 aromatic rings. The van der Waals surface area contributed by atoms with Crippen molar-refractivity contribution in [3.8, 4) is 11.8 Å². The van der Waals surface area contributed by atoms with Crippen molar-refractivity contribution in [3.05, 3.63) is 66.1 Å². The number of benzene rings is 2. The molecule has 7 nitrogen and oxygen atoms in total. The van der Waals surface area contributed by atoms with Gasteiger partial charge in [-0.1, -0.05) is 30.0 Å². The molecule has 0 radical (unpaired) electrons. The number of thioether (sulfide) groups is 1. The summed E-state index contributed by atoms with van der Waals surface area (Å²) in [7, 11) is 0. The molecule has 1 amide bonds. The van der Waals surface area contributed by atoms with Gasteiger partial charge in [-0.05, 0) is 36.4 Å². The molecule has 0 fully saturated rings. The van der Waals surface area contributed by atoms with E-state index in [1.165, 1.54) is 0 Å². The molecule has 2 aromatic carbocycles. The molecule has 8 heteroatoms. The summed E-state index contributed by atoms with van der Waals surface area (Å²) in [6.07, 6.45) is 0. The second-order valence-corrected chi connectivity index (χ2v) is 6.02. The van der Waals surface area contributed by atoms with E-state index in [1.807, 2.05) is 36.4 Å². The maximum atomic E-state index is 11.9. The van der Waals surface area contributed by atoms with Crippen molar-refractivity contribution >= 4 is 23.4 Å². The highest BCUT2D eigenvalue weighted by Gasteiger charge is 2.10. The number of anilines is 1. The van der Waals surface area contributed by atoms with Crippen LogP contribution in [0, 0.1) is 11.3 Å². The van der Waals surface area contributed by atoms with Crippen LogP contribution in [-0.2, 0) is 11.4 Å². The Morgan fingerprint density at radius 2 is 1.92 bits per heavy atom. The first kappa shape index (κ1) is 17.5. The van der Waals surface area contributed by atoms with Gasteiger partial charge in [0.05, 0.1) is 17.4 Å². The summed E-state index contributed by atoms with van der Waals surface area (Å²) in [5, 5.41) is 19.6. The van der Waals surface area contributed by atoms with E-state index >= 15 is 0 Å². The Bertz CT molecular complexity index is 904. The van der Waals surface area contributed by atoms with Gasteiger partial charge in [-0.15, -0.1) is 10.2 Å². The highest BCUT2D eigenvalue weighted by molar-refractivity contribution is 7.99. The van der Waals surface area contributed by atoms with Crippen LogP contribution in [0.1, 0.15) is 11.5 Å². The van der Waals surface area contributed by atoms with Crippen LogP contribution in [0.2, 0.25) is 0 Å². The molecule has 1 N–H and O–H groups in total. The second-order valence-electron chi connectivity index (χ2n) is 5.09. The Kier molecular flexibility index (Phi) is 5.85. The number of nitriles is 1. The number of hydrogen-bond donors (Lipinski definition) is 1. The Labute approximate surface area is 154 Å². The van der Waals surface area contributed by atoms with Crippen LogP contribution in [0.15, 0.2) is 64.2 Å². The van der Waals surface area contributed by atoms with Gasteiger partial charge in [-0.2, -0.15) is 5.26 Å². The molecule has 3 rings (SSSR count). The third-order valence-corrected chi connectivity index (χ3v) is 4.00. The minimum atomic E-state index is -0.208. The fraction of sp³-hybridized carbons (Fsp3) is 0.111. The van der Waals surface area contributed by atoms with Crippen molar-refractivity contribution < 1.29 is 13.9 Å². The summed E-state index contributed by atoms with van der Waals surface area (Å²) >= 11 is 1.14. The van der Waals surface area contributed by atoms with E-state index in [9.17, 15) is 4.79 Å². The van der Waals surface area contributed by atoms with Crippen LogP contribution in [0.3, 0.4) is 0 Å². The van der Waals surface area contributed by atoms with Crippen molar-refractivity contribution in [1.29, 1.82) is 5.26 Å². The number of rotatable bonds is 7. The number of amides is 1. The molecular formula is C18H14N4O3S. The number of nitrogens with zero attached hydrogens (tertiary/aromatic N) is 3. The minimum Gasteiger partial charge on any atom is -0.484 e. The predicted octanol–water partition coefficient (Wildman–Crippen LogP) is 3.25. The molecule has 1 heterocycles. The van der Waals surface area contributed by atoms with E-state index in [-0.39, 0.29) is 18.3 Å². The Morgan fingerprint density at radius 1 is 1.15 bits per heavy atom. The molecule has 0 aliphatic heterocycles. The van der Waals surface area contributed by atoms with Crippen molar-refractivity contribution in [2.24, 2.45) is 0 Å². The van der Waals surface area contributed by atoms with Crippen molar-refractivity contribution in [2.75, 3.05) is 11.1 Å². The molecular weight excluding hydrogens is 352 g/mol. The molecule has 0 aliphatic carbocycles. The largest absolute Gasteiger partial charge is 0.484 e. The van der Waals surface area contributed by atoms with Crippen LogP contribution in [0.25, 0.3) is 0 Å². The summed E-state index contributed by atoms with van der Waals surface area (Å²) in [6.45, 7) is 0.162. The summed E-state index contributed by atoms with van der Waals surface area (Å²) in [6, 6.07) is 18.0. The lowest BCUT2D eigenvalue weighted by atomic mass is 10.2. The maximum absolute atomic E-state index is 11.9. The number of nitrogens with one attached hydrogen (secondary N) is 1. The second kappa shape index (κ2) is 8.69. The molecule has 0 spiro atoms. The highest BCUT2D eigenvalue weighted by atomic mass is 32.2. The zero-order chi connectivity index (χ0) is 18.2. The average Bonchev–Trinajstić information content (AvgIpc) is 3.14. The fourth-order valence-electron chi connectivity index (χ4n) is 1.97. The van der Waals surface area contributed by atoms with Gasteiger partial charge in [0.2, 0.25) is 5.91 Å². The summed E-state index contributed by atoms with van der Waals surface area (Å²) in [4.78, 5) is 11.9. The lowest BCUT2D eigenvalue weighted by Crippen LogP contribution is -2.13. The lowest BCUT2D eigenvalue weighted by Gasteiger charge is -2.03. The molecule has 26 heavy (non-hydrogen) atoms. The van der Waals surface area contributed by atoms with Gasteiger partial charge in [0, 0.05) is 5.69 Å². The van der Waals surface area contributed by atoms with Gasteiger partial charge < -0.3 is 14.5 Å². The monoisotopic (exact) mass is 366 g/mol. The quantitative estimate of drug-likeness (QED) is 0.640. The number of hydrogen-bond acceptors (Lipinski definition) is 7. The van der Waals surface area contributed by atoms with Crippen molar-refractivity contribution in [3.63, 3.8) is 0 Å². The van der Waals surface area contributed by atoms with Gasteiger partial charge >= 0.3 is 0 Å². The van der Waals surface area contributed by atoms with Crippen LogP contribution in [-0.4, -0.2) is 21.9 Å².